The van der Waals surface area contributed by atoms with E-state index >= 15 is 0 Å². The molecular formula is C23H22FNO4. The zero-order chi connectivity index (χ0) is 20.5. The van der Waals surface area contributed by atoms with E-state index in [0.717, 1.165) is 5.75 Å². The highest BCUT2D eigenvalue weighted by molar-refractivity contribution is 6.04. The van der Waals surface area contributed by atoms with E-state index < -0.39 is 11.7 Å². The van der Waals surface area contributed by atoms with Gasteiger partial charge in [0.1, 0.15) is 24.8 Å². The maximum absolute atomic E-state index is 13.8. The molecule has 0 bridgehead atoms. The third kappa shape index (κ3) is 5.72. The largest absolute Gasteiger partial charge is 0.490 e. The predicted molar refractivity (Wildman–Crippen MR) is 109 cm³/mol. The molecule has 0 atom stereocenters. The number of carbonyl (C=O) groups is 1. The molecule has 0 aliphatic heterocycles. The van der Waals surface area contributed by atoms with E-state index in [2.05, 4.69) is 5.32 Å². The van der Waals surface area contributed by atoms with Gasteiger partial charge in [0, 0.05) is 5.56 Å². The molecular weight excluding hydrogens is 373 g/mol. The summed E-state index contributed by atoms with van der Waals surface area (Å²) in [7, 11) is 0. The standard InChI is InChI=1S/C23H22FNO4/c1-2-27-22-16-17(23(26)25-20-11-7-6-10-19(20)24)12-13-21(22)29-15-14-28-18-8-4-3-5-9-18/h3-13,16H,2,14-15H2,1H3,(H,25,26). The molecule has 29 heavy (non-hydrogen) atoms. The van der Waals surface area contributed by atoms with E-state index in [1.165, 1.54) is 12.1 Å². The molecule has 0 aliphatic carbocycles. The average molecular weight is 395 g/mol. The SMILES string of the molecule is CCOc1cc(C(=O)Nc2ccccc2F)ccc1OCCOc1ccccc1. The van der Waals surface area contributed by atoms with Gasteiger partial charge < -0.3 is 19.5 Å². The summed E-state index contributed by atoms with van der Waals surface area (Å²) in [5.74, 6) is 0.778. The Morgan fingerprint density at radius 3 is 2.34 bits per heavy atom. The number of anilines is 1. The zero-order valence-electron chi connectivity index (χ0n) is 16.1. The first-order chi connectivity index (χ1) is 14.2. The number of carbonyl (C=O) groups excluding carboxylic acids is 1. The summed E-state index contributed by atoms with van der Waals surface area (Å²) in [6.45, 7) is 2.94. The molecule has 0 spiro atoms. The molecule has 150 valence electrons. The Morgan fingerprint density at radius 1 is 0.862 bits per heavy atom. The van der Waals surface area contributed by atoms with Crippen LogP contribution < -0.4 is 19.5 Å². The minimum absolute atomic E-state index is 0.119. The Labute approximate surface area is 169 Å². The van der Waals surface area contributed by atoms with Crippen LogP contribution in [0.4, 0.5) is 10.1 Å². The molecule has 0 unspecified atom stereocenters. The molecule has 3 rings (SSSR count). The van der Waals surface area contributed by atoms with Gasteiger partial charge in [0.25, 0.3) is 5.91 Å². The number of para-hydroxylation sites is 2. The quantitative estimate of drug-likeness (QED) is 0.522. The van der Waals surface area contributed by atoms with Gasteiger partial charge in [-0.25, -0.2) is 4.39 Å². The second-order valence-corrected chi connectivity index (χ2v) is 6.04. The zero-order valence-corrected chi connectivity index (χ0v) is 16.1. The van der Waals surface area contributed by atoms with Gasteiger partial charge in [-0.1, -0.05) is 30.3 Å². The topological polar surface area (TPSA) is 56.8 Å². The van der Waals surface area contributed by atoms with Crippen molar-refractivity contribution in [3.63, 3.8) is 0 Å². The summed E-state index contributed by atoms with van der Waals surface area (Å²) < 4.78 is 30.7. The summed E-state index contributed by atoms with van der Waals surface area (Å²) in [5.41, 5.74) is 0.457. The van der Waals surface area contributed by atoms with Crippen molar-refractivity contribution in [2.75, 3.05) is 25.1 Å². The summed E-state index contributed by atoms with van der Waals surface area (Å²) in [6.07, 6.45) is 0. The van der Waals surface area contributed by atoms with Crippen LogP contribution in [0.2, 0.25) is 0 Å². The lowest BCUT2D eigenvalue weighted by atomic mass is 10.1. The number of rotatable bonds is 9. The van der Waals surface area contributed by atoms with Crippen LogP contribution in [-0.4, -0.2) is 25.7 Å². The molecule has 0 saturated heterocycles. The van der Waals surface area contributed by atoms with Crippen LogP contribution in [0.15, 0.2) is 72.8 Å². The Kier molecular flexibility index (Phi) is 7.05. The van der Waals surface area contributed by atoms with E-state index in [9.17, 15) is 9.18 Å². The molecule has 0 aliphatic rings. The van der Waals surface area contributed by atoms with Crippen LogP contribution in [0, 0.1) is 5.82 Å². The molecule has 0 saturated carbocycles. The normalized spacial score (nSPS) is 10.3. The number of halogens is 1. The number of nitrogens with one attached hydrogen (secondary N) is 1. The molecule has 5 nitrogen and oxygen atoms in total. The molecule has 6 heteroatoms. The Hall–Kier alpha value is -3.54. The Balaban J connectivity index is 1.63. The number of ether oxygens (including phenoxy) is 3. The molecule has 0 aromatic heterocycles. The van der Waals surface area contributed by atoms with Crippen molar-refractivity contribution in [1.29, 1.82) is 0 Å². The summed E-state index contributed by atoms with van der Waals surface area (Å²) in [6, 6.07) is 20.3. The Bertz CT molecular complexity index is 947. The van der Waals surface area contributed by atoms with Gasteiger partial charge >= 0.3 is 0 Å². The lowest BCUT2D eigenvalue weighted by Gasteiger charge is -2.14. The van der Waals surface area contributed by atoms with Crippen molar-refractivity contribution in [3.8, 4) is 17.2 Å². The van der Waals surface area contributed by atoms with Gasteiger partial charge in [-0.3, -0.25) is 4.79 Å². The summed E-state index contributed by atoms with van der Waals surface area (Å²) in [5, 5.41) is 2.56. The van der Waals surface area contributed by atoms with E-state index in [1.54, 1.807) is 30.3 Å². The first kappa shape index (κ1) is 20.2. The number of hydrogen-bond donors (Lipinski definition) is 1. The van der Waals surface area contributed by atoms with Crippen molar-refractivity contribution < 1.29 is 23.4 Å². The van der Waals surface area contributed by atoms with Gasteiger partial charge in [-0.15, -0.1) is 0 Å². The molecule has 3 aromatic rings. The Morgan fingerprint density at radius 2 is 1.59 bits per heavy atom. The minimum Gasteiger partial charge on any atom is -0.490 e. The first-order valence-electron chi connectivity index (χ1n) is 9.30. The molecule has 3 aromatic carbocycles. The van der Waals surface area contributed by atoms with Crippen molar-refractivity contribution in [2.24, 2.45) is 0 Å². The van der Waals surface area contributed by atoms with Gasteiger partial charge in [0.05, 0.1) is 12.3 Å². The van der Waals surface area contributed by atoms with Crippen molar-refractivity contribution >= 4 is 11.6 Å². The average Bonchev–Trinajstić information content (AvgIpc) is 2.74. The van der Waals surface area contributed by atoms with Crippen LogP contribution in [-0.2, 0) is 0 Å². The second-order valence-electron chi connectivity index (χ2n) is 6.04. The maximum Gasteiger partial charge on any atom is 0.255 e. The predicted octanol–water partition coefficient (Wildman–Crippen LogP) is 4.93. The van der Waals surface area contributed by atoms with E-state index in [1.807, 2.05) is 37.3 Å². The fourth-order valence-electron chi connectivity index (χ4n) is 2.62. The molecule has 1 amide bonds. The lowest BCUT2D eigenvalue weighted by molar-refractivity contribution is 0.102. The van der Waals surface area contributed by atoms with E-state index in [-0.39, 0.29) is 5.69 Å². The van der Waals surface area contributed by atoms with Gasteiger partial charge in [0.15, 0.2) is 11.5 Å². The van der Waals surface area contributed by atoms with Crippen molar-refractivity contribution in [2.45, 2.75) is 6.92 Å². The van der Waals surface area contributed by atoms with Gasteiger partial charge in [-0.2, -0.15) is 0 Å². The third-order valence-electron chi connectivity index (χ3n) is 3.98. The third-order valence-corrected chi connectivity index (χ3v) is 3.98. The molecule has 1 N–H and O–H groups in total. The first-order valence-corrected chi connectivity index (χ1v) is 9.30. The van der Waals surface area contributed by atoms with E-state index in [4.69, 9.17) is 14.2 Å². The molecule has 0 radical (unpaired) electrons. The summed E-state index contributed by atoms with van der Waals surface area (Å²) >= 11 is 0. The van der Waals surface area contributed by atoms with Gasteiger partial charge in [-0.05, 0) is 49.4 Å². The van der Waals surface area contributed by atoms with Crippen LogP contribution >= 0.6 is 0 Å². The van der Waals surface area contributed by atoms with E-state index in [0.29, 0.717) is 36.9 Å². The monoisotopic (exact) mass is 395 g/mol. The smallest absolute Gasteiger partial charge is 0.255 e. The van der Waals surface area contributed by atoms with Crippen LogP contribution in [0.5, 0.6) is 17.2 Å². The fraction of sp³-hybridized carbons (Fsp3) is 0.174. The number of amides is 1. The van der Waals surface area contributed by atoms with Crippen LogP contribution in [0.3, 0.4) is 0 Å². The lowest BCUT2D eigenvalue weighted by Crippen LogP contribution is -2.14. The van der Waals surface area contributed by atoms with Crippen LogP contribution in [0.25, 0.3) is 0 Å². The highest BCUT2D eigenvalue weighted by Gasteiger charge is 2.13. The maximum atomic E-state index is 13.8. The molecule has 0 heterocycles. The van der Waals surface area contributed by atoms with Gasteiger partial charge in [0.2, 0.25) is 0 Å². The summed E-state index contributed by atoms with van der Waals surface area (Å²) in [4.78, 5) is 12.5. The second kappa shape index (κ2) is 10.1. The van der Waals surface area contributed by atoms with Crippen molar-refractivity contribution in [1.82, 2.24) is 0 Å². The minimum atomic E-state index is -0.496. The highest BCUT2D eigenvalue weighted by Crippen LogP contribution is 2.29. The number of hydrogen-bond acceptors (Lipinski definition) is 4. The fourth-order valence-corrected chi connectivity index (χ4v) is 2.62. The molecule has 0 fully saturated rings. The highest BCUT2D eigenvalue weighted by atomic mass is 19.1. The van der Waals surface area contributed by atoms with Crippen LogP contribution in [0.1, 0.15) is 17.3 Å². The number of benzene rings is 3. The van der Waals surface area contributed by atoms with Crippen molar-refractivity contribution in [3.05, 3.63) is 84.2 Å².